The van der Waals surface area contributed by atoms with Crippen molar-refractivity contribution in [1.82, 2.24) is 4.90 Å². The number of likely N-dealkylation sites (N-methyl/N-ethyl adjacent to an activating group) is 1. The van der Waals surface area contributed by atoms with Crippen molar-refractivity contribution >= 4 is 0 Å². The number of rotatable bonds is 7. The van der Waals surface area contributed by atoms with Gasteiger partial charge in [-0.05, 0) is 37.1 Å². The molecule has 1 atom stereocenters. The van der Waals surface area contributed by atoms with Gasteiger partial charge in [-0.25, -0.2) is 0 Å². The lowest BCUT2D eigenvalue weighted by Crippen LogP contribution is -2.33. The standard InChI is InChI=1S/C16H22N2O2/c1-2-18(12-15-6-8-19-13-15)7-9-20-16-5-3-4-14(10-16)11-17/h3-5,10,15H,2,6-9,12-13H2,1H3. The van der Waals surface area contributed by atoms with Crippen LogP contribution in [0, 0.1) is 17.2 Å². The van der Waals surface area contributed by atoms with Crippen molar-refractivity contribution in [1.29, 1.82) is 5.26 Å². The zero-order valence-electron chi connectivity index (χ0n) is 12.0. The fourth-order valence-electron chi connectivity index (χ4n) is 2.42. The topological polar surface area (TPSA) is 45.5 Å². The van der Waals surface area contributed by atoms with Crippen molar-refractivity contribution in [3.63, 3.8) is 0 Å². The second kappa shape index (κ2) is 7.88. The summed E-state index contributed by atoms with van der Waals surface area (Å²) >= 11 is 0. The summed E-state index contributed by atoms with van der Waals surface area (Å²) in [6.45, 7) is 7.63. The van der Waals surface area contributed by atoms with Crippen LogP contribution in [0.3, 0.4) is 0 Å². The van der Waals surface area contributed by atoms with Gasteiger partial charge < -0.3 is 9.47 Å². The first-order valence-electron chi connectivity index (χ1n) is 7.25. The predicted octanol–water partition coefficient (Wildman–Crippen LogP) is 2.30. The maximum Gasteiger partial charge on any atom is 0.120 e. The van der Waals surface area contributed by atoms with Gasteiger partial charge in [-0.2, -0.15) is 5.26 Å². The zero-order chi connectivity index (χ0) is 14.2. The molecule has 1 aromatic carbocycles. The fourth-order valence-corrected chi connectivity index (χ4v) is 2.42. The van der Waals surface area contributed by atoms with Crippen LogP contribution in [0.25, 0.3) is 0 Å². The molecule has 0 amide bonds. The summed E-state index contributed by atoms with van der Waals surface area (Å²) in [5.74, 6) is 1.43. The Labute approximate surface area is 120 Å². The van der Waals surface area contributed by atoms with Crippen LogP contribution >= 0.6 is 0 Å². The summed E-state index contributed by atoms with van der Waals surface area (Å²) in [5.41, 5.74) is 0.637. The largest absolute Gasteiger partial charge is 0.492 e. The van der Waals surface area contributed by atoms with Crippen LogP contribution in [0.4, 0.5) is 0 Å². The third-order valence-electron chi connectivity index (χ3n) is 3.63. The summed E-state index contributed by atoms with van der Waals surface area (Å²) in [6, 6.07) is 9.42. The van der Waals surface area contributed by atoms with E-state index in [-0.39, 0.29) is 0 Å². The summed E-state index contributed by atoms with van der Waals surface area (Å²) < 4.78 is 11.1. The molecule has 1 aromatic rings. The highest BCUT2D eigenvalue weighted by Gasteiger charge is 2.18. The van der Waals surface area contributed by atoms with Gasteiger partial charge in [0.2, 0.25) is 0 Å². The molecular formula is C16H22N2O2. The second-order valence-corrected chi connectivity index (χ2v) is 5.11. The van der Waals surface area contributed by atoms with Crippen LogP contribution in [-0.4, -0.2) is 44.4 Å². The van der Waals surface area contributed by atoms with E-state index >= 15 is 0 Å². The Bertz CT molecular complexity index is 450. The summed E-state index contributed by atoms with van der Waals surface area (Å²) in [4.78, 5) is 2.40. The van der Waals surface area contributed by atoms with Gasteiger partial charge in [0.25, 0.3) is 0 Å². The van der Waals surface area contributed by atoms with Crippen molar-refractivity contribution in [3.8, 4) is 11.8 Å². The third-order valence-corrected chi connectivity index (χ3v) is 3.63. The van der Waals surface area contributed by atoms with Crippen molar-refractivity contribution in [2.24, 2.45) is 5.92 Å². The molecule has 20 heavy (non-hydrogen) atoms. The van der Waals surface area contributed by atoms with E-state index in [0.717, 1.165) is 38.6 Å². The number of ether oxygens (including phenoxy) is 2. The Kier molecular flexibility index (Phi) is 5.85. The lowest BCUT2D eigenvalue weighted by atomic mass is 10.1. The molecule has 4 heteroatoms. The highest BCUT2D eigenvalue weighted by molar-refractivity contribution is 5.36. The molecule has 1 aliphatic heterocycles. The first-order chi connectivity index (χ1) is 9.81. The maximum atomic E-state index is 8.85. The Hall–Kier alpha value is -1.57. The molecule has 0 saturated carbocycles. The first kappa shape index (κ1) is 14.8. The second-order valence-electron chi connectivity index (χ2n) is 5.11. The van der Waals surface area contributed by atoms with Crippen LogP contribution < -0.4 is 4.74 Å². The average Bonchev–Trinajstić information content (AvgIpc) is 2.99. The van der Waals surface area contributed by atoms with Gasteiger partial charge in [0.15, 0.2) is 0 Å². The van der Waals surface area contributed by atoms with E-state index in [1.165, 1.54) is 6.42 Å². The molecule has 4 nitrogen and oxygen atoms in total. The molecule has 0 aromatic heterocycles. The van der Waals surface area contributed by atoms with E-state index in [4.69, 9.17) is 14.7 Å². The Morgan fingerprint density at radius 1 is 1.50 bits per heavy atom. The number of benzene rings is 1. The highest BCUT2D eigenvalue weighted by Crippen LogP contribution is 2.15. The van der Waals surface area contributed by atoms with Gasteiger partial charge in [-0.1, -0.05) is 13.0 Å². The van der Waals surface area contributed by atoms with E-state index in [2.05, 4.69) is 17.9 Å². The quantitative estimate of drug-likeness (QED) is 0.765. The van der Waals surface area contributed by atoms with Gasteiger partial charge in [-0.3, -0.25) is 4.90 Å². The predicted molar refractivity (Wildman–Crippen MR) is 77.7 cm³/mol. The smallest absolute Gasteiger partial charge is 0.120 e. The molecular weight excluding hydrogens is 252 g/mol. The molecule has 1 unspecified atom stereocenters. The van der Waals surface area contributed by atoms with E-state index in [1.807, 2.05) is 12.1 Å². The van der Waals surface area contributed by atoms with E-state index < -0.39 is 0 Å². The van der Waals surface area contributed by atoms with Gasteiger partial charge in [0, 0.05) is 19.7 Å². The van der Waals surface area contributed by atoms with Crippen molar-refractivity contribution < 1.29 is 9.47 Å². The van der Waals surface area contributed by atoms with E-state index in [1.54, 1.807) is 12.1 Å². The normalized spacial score (nSPS) is 18.1. The molecule has 0 spiro atoms. The first-order valence-corrected chi connectivity index (χ1v) is 7.25. The van der Waals surface area contributed by atoms with Crippen LogP contribution in [0.2, 0.25) is 0 Å². The number of nitrogens with zero attached hydrogens (tertiary/aromatic N) is 2. The van der Waals surface area contributed by atoms with Crippen molar-refractivity contribution in [2.45, 2.75) is 13.3 Å². The minimum atomic E-state index is 0.637. The molecule has 108 valence electrons. The average molecular weight is 274 g/mol. The van der Waals surface area contributed by atoms with Crippen LogP contribution in [-0.2, 0) is 4.74 Å². The van der Waals surface area contributed by atoms with Gasteiger partial charge in [0.1, 0.15) is 12.4 Å². The number of hydrogen-bond donors (Lipinski definition) is 0. The van der Waals surface area contributed by atoms with Crippen molar-refractivity contribution in [3.05, 3.63) is 29.8 Å². The van der Waals surface area contributed by atoms with Crippen LogP contribution in [0.1, 0.15) is 18.9 Å². The molecule has 0 radical (unpaired) electrons. The van der Waals surface area contributed by atoms with E-state index in [0.29, 0.717) is 18.1 Å². The lowest BCUT2D eigenvalue weighted by molar-refractivity contribution is 0.158. The monoisotopic (exact) mass is 274 g/mol. The Balaban J connectivity index is 1.74. The Morgan fingerprint density at radius 3 is 3.10 bits per heavy atom. The van der Waals surface area contributed by atoms with Gasteiger partial charge in [0.05, 0.1) is 18.2 Å². The highest BCUT2D eigenvalue weighted by atomic mass is 16.5. The van der Waals surface area contributed by atoms with Gasteiger partial charge in [-0.15, -0.1) is 0 Å². The third kappa shape index (κ3) is 4.52. The molecule has 1 saturated heterocycles. The van der Waals surface area contributed by atoms with Crippen molar-refractivity contribution in [2.75, 3.05) is 39.5 Å². The number of nitriles is 1. The van der Waals surface area contributed by atoms with Crippen LogP contribution in [0.15, 0.2) is 24.3 Å². The molecule has 0 N–H and O–H groups in total. The van der Waals surface area contributed by atoms with Gasteiger partial charge >= 0.3 is 0 Å². The van der Waals surface area contributed by atoms with E-state index in [9.17, 15) is 0 Å². The number of hydrogen-bond acceptors (Lipinski definition) is 4. The molecule has 0 aliphatic carbocycles. The minimum Gasteiger partial charge on any atom is -0.492 e. The fraction of sp³-hybridized carbons (Fsp3) is 0.562. The molecule has 1 aliphatic rings. The zero-order valence-corrected chi connectivity index (χ0v) is 12.0. The maximum absolute atomic E-state index is 8.85. The Morgan fingerprint density at radius 2 is 2.40 bits per heavy atom. The molecule has 1 fully saturated rings. The lowest BCUT2D eigenvalue weighted by Gasteiger charge is -2.23. The molecule has 0 bridgehead atoms. The molecule has 2 rings (SSSR count). The summed E-state index contributed by atoms with van der Waals surface area (Å²) in [7, 11) is 0. The summed E-state index contributed by atoms with van der Waals surface area (Å²) in [6.07, 6.45) is 1.17. The molecule has 1 heterocycles. The SMILES string of the molecule is CCN(CCOc1cccc(C#N)c1)CC1CCOC1. The minimum absolute atomic E-state index is 0.637. The van der Waals surface area contributed by atoms with Crippen LogP contribution in [0.5, 0.6) is 5.75 Å². The summed E-state index contributed by atoms with van der Waals surface area (Å²) in [5, 5.41) is 8.85.